The number of fused-ring (bicyclic) bond motifs is 4. The smallest absolute Gasteiger partial charge is 0.254 e. The Balaban J connectivity index is 1.16. The molecule has 2 bridgehead atoms. The molecule has 10 nitrogen and oxygen atoms in total. The van der Waals surface area contributed by atoms with Gasteiger partial charge in [-0.15, -0.1) is 0 Å². The van der Waals surface area contributed by atoms with Gasteiger partial charge >= 0.3 is 0 Å². The Morgan fingerprint density at radius 1 is 1.00 bits per heavy atom. The summed E-state index contributed by atoms with van der Waals surface area (Å²) in [6, 6.07) is 12.9. The standard InChI is InChI=1S/C37H46N6O4/c1-40-35-28(17-26(19-31(35)47-3)37(45)43-21-25-9-10-29(43)33(25)38)39-36(40)30-18-24-5-4-6-27(34(24)42(30)20-22-7-8-22)23-11-14-41(15-12-23)32(44)13-16-46-2/h4-6,17-19,22-23,25,29,33H,7-16,20-21,38H2,1-3H3/t25-,29-,33-/m1/s1. The molecule has 2 saturated carbocycles. The number of aromatic nitrogens is 3. The first-order chi connectivity index (χ1) is 22.9. The molecule has 4 aliphatic rings. The lowest BCUT2D eigenvalue weighted by Gasteiger charge is -2.33. The van der Waals surface area contributed by atoms with E-state index in [-0.39, 0.29) is 23.9 Å². The third-order valence-electron chi connectivity index (χ3n) is 11.4. The van der Waals surface area contributed by atoms with E-state index in [1.165, 1.54) is 29.3 Å². The zero-order valence-corrected chi connectivity index (χ0v) is 27.8. The van der Waals surface area contributed by atoms with Gasteiger partial charge in [-0.2, -0.15) is 0 Å². The molecule has 4 aromatic rings. The molecule has 2 amide bonds. The number of para-hydroxylation sites is 1. The summed E-state index contributed by atoms with van der Waals surface area (Å²) >= 11 is 0. The lowest BCUT2D eigenvalue weighted by molar-refractivity contribution is -0.133. The van der Waals surface area contributed by atoms with Crippen LogP contribution in [0.2, 0.25) is 0 Å². The van der Waals surface area contributed by atoms with Crippen molar-refractivity contribution in [3.8, 4) is 17.3 Å². The third-order valence-corrected chi connectivity index (χ3v) is 11.4. The van der Waals surface area contributed by atoms with Crippen molar-refractivity contribution in [3.05, 3.63) is 47.5 Å². The first-order valence-corrected chi connectivity index (χ1v) is 17.4. The van der Waals surface area contributed by atoms with Gasteiger partial charge in [-0.1, -0.05) is 18.2 Å². The predicted molar refractivity (Wildman–Crippen MR) is 181 cm³/mol. The summed E-state index contributed by atoms with van der Waals surface area (Å²) in [7, 11) is 5.35. The fourth-order valence-electron chi connectivity index (χ4n) is 8.67. The van der Waals surface area contributed by atoms with Crippen molar-refractivity contribution in [2.24, 2.45) is 24.6 Å². The van der Waals surface area contributed by atoms with E-state index in [1.807, 2.05) is 29.0 Å². The van der Waals surface area contributed by atoms with Crippen LogP contribution in [0.1, 0.15) is 66.8 Å². The van der Waals surface area contributed by atoms with Gasteiger partial charge in [-0.3, -0.25) is 9.59 Å². The van der Waals surface area contributed by atoms with Crippen LogP contribution in [0, 0.1) is 11.8 Å². The van der Waals surface area contributed by atoms with Gasteiger partial charge in [-0.25, -0.2) is 4.98 Å². The maximum atomic E-state index is 13.8. The third kappa shape index (κ3) is 5.20. The number of rotatable bonds is 9. The number of hydrogen-bond acceptors (Lipinski definition) is 6. The summed E-state index contributed by atoms with van der Waals surface area (Å²) in [5.74, 6) is 3.15. The minimum atomic E-state index is 0.0130. The van der Waals surface area contributed by atoms with Crippen LogP contribution < -0.4 is 10.5 Å². The number of methoxy groups -OCH3 is 2. The van der Waals surface area contributed by atoms with Crippen molar-refractivity contribution in [1.82, 2.24) is 23.9 Å². The lowest BCUT2D eigenvalue weighted by Crippen LogP contribution is -2.41. The van der Waals surface area contributed by atoms with Gasteiger partial charge in [0.05, 0.1) is 36.9 Å². The van der Waals surface area contributed by atoms with Crippen LogP contribution in [-0.2, 0) is 23.1 Å². The normalized spacial score (nSPS) is 23.0. The Hall–Kier alpha value is -3.89. The van der Waals surface area contributed by atoms with E-state index >= 15 is 0 Å². The molecule has 8 rings (SSSR count). The molecule has 4 heterocycles. The van der Waals surface area contributed by atoms with Crippen LogP contribution in [0.15, 0.2) is 36.4 Å². The van der Waals surface area contributed by atoms with E-state index in [4.69, 9.17) is 20.2 Å². The highest BCUT2D eigenvalue weighted by Gasteiger charge is 2.47. The van der Waals surface area contributed by atoms with E-state index in [0.29, 0.717) is 42.1 Å². The Morgan fingerprint density at radius 3 is 2.49 bits per heavy atom. The lowest BCUT2D eigenvalue weighted by atomic mass is 9.88. The fraction of sp³-hybridized carbons (Fsp3) is 0.541. The predicted octanol–water partition coefficient (Wildman–Crippen LogP) is 4.92. The van der Waals surface area contributed by atoms with Crippen LogP contribution >= 0.6 is 0 Å². The number of nitrogens with zero attached hydrogens (tertiary/aromatic N) is 5. The number of piperidine rings is 2. The highest BCUT2D eigenvalue weighted by atomic mass is 16.5. The van der Waals surface area contributed by atoms with Crippen molar-refractivity contribution in [3.63, 3.8) is 0 Å². The van der Waals surface area contributed by atoms with E-state index in [0.717, 1.165) is 74.4 Å². The van der Waals surface area contributed by atoms with Gasteiger partial charge in [0.2, 0.25) is 5.91 Å². The second kappa shape index (κ2) is 12.0. The van der Waals surface area contributed by atoms with Crippen molar-refractivity contribution in [1.29, 1.82) is 0 Å². The van der Waals surface area contributed by atoms with Crippen molar-refractivity contribution >= 4 is 33.8 Å². The molecule has 0 spiro atoms. The SMILES string of the molecule is COCCC(=O)N1CCC(c2cccc3cc(-c4nc5cc(C(=O)N6C[C@H]7CC[C@@H]6[C@@H]7N)cc(OC)c5n4C)n(CC4CC4)c23)CC1. The highest BCUT2D eigenvalue weighted by molar-refractivity contribution is 6.00. The molecule has 2 aromatic heterocycles. The number of likely N-dealkylation sites (tertiary alicyclic amines) is 2. The topological polar surface area (TPSA) is 108 Å². The quantitative estimate of drug-likeness (QED) is 0.279. The number of hydrogen-bond donors (Lipinski definition) is 1. The van der Waals surface area contributed by atoms with Gasteiger partial charge in [-0.05, 0) is 80.0 Å². The zero-order valence-electron chi connectivity index (χ0n) is 27.8. The van der Waals surface area contributed by atoms with E-state index < -0.39 is 0 Å². The Kier molecular flexibility index (Phi) is 7.75. The fourth-order valence-corrected chi connectivity index (χ4v) is 8.67. The van der Waals surface area contributed by atoms with Gasteiger partial charge in [0, 0.05) is 63.4 Å². The van der Waals surface area contributed by atoms with E-state index in [9.17, 15) is 9.59 Å². The zero-order chi connectivity index (χ0) is 32.4. The number of carbonyl (C=O) groups is 2. The molecule has 2 aliphatic heterocycles. The molecule has 47 heavy (non-hydrogen) atoms. The largest absolute Gasteiger partial charge is 0.494 e. The molecule has 3 atom stereocenters. The number of ether oxygens (including phenoxy) is 2. The molecular weight excluding hydrogens is 592 g/mol. The Labute approximate surface area is 275 Å². The average molecular weight is 639 g/mol. The number of aryl methyl sites for hydroxylation is 1. The number of imidazole rings is 1. The monoisotopic (exact) mass is 638 g/mol. The molecule has 10 heteroatoms. The van der Waals surface area contributed by atoms with Crippen molar-refractivity contribution in [2.45, 2.75) is 69.5 Å². The number of carbonyl (C=O) groups excluding carboxylic acids is 2. The number of benzene rings is 2. The van der Waals surface area contributed by atoms with Crippen LogP contribution in [0.25, 0.3) is 33.5 Å². The van der Waals surface area contributed by atoms with Gasteiger partial charge in [0.1, 0.15) is 11.3 Å². The Bertz CT molecular complexity index is 1850. The minimum absolute atomic E-state index is 0.0130. The van der Waals surface area contributed by atoms with Crippen molar-refractivity contribution < 1.29 is 19.1 Å². The highest BCUT2D eigenvalue weighted by Crippen LogP contribution is 2.42. The molecule has 2 aromatic carbocycles. The molecule has 4 fully saturated rings. The summed E-state index contributed by atoms with van der Waals surface area (Å²) in [4.78, 5) is 35.7. The Morgan fingerprint density at radius 2 is 1.81 bits per heavy atom. The molecule has 2 aliphatic carbocycles. The van der Waals surface area contributed by atoms with Crippen molar-refractivity contribution in [2.75, 3.05) is 40.5 Å². The van der Waals surface area contributed by atoms with Gasteiger partial charge < -0.3 is 34.1 Å². The molecule has 0 radical (unpaired) electrons. The van der Waals surface area contributed by atoms with E-state index in [1.54, 1.807) is 14.2 Å². The van der Waals surface area contributed by atoms with Crippen LogP contribution in [0.5, 0.6) is 5.75 Å². The average Bonchev–Trinajstić information content (AvgIpc) is 3.48. The van der Waals surface area contributed by atoms with Gasteiger partial charge in [0.15, 0.2) is 5.82 Å². The maximum absolute atomic E-state index is 13.8. The summed E-state index contributed by atoms with van der Waals surface area (Å²) in [5.41, 5.74) is 12.4. The van der Waals surface area contributed by atoms with Crippen LogP contribution in [-0.4, -0.2) is 88.3 Å². The second-order valence-electron chi connectivity index (χ2n) is 14.2. The van der Waals surface area contributed by atoms with Crippen LogP contribution in [0.3, 0.4) is 0 Å². The molecule has 248 valence electrons. The van der Waals surface area contributed by atoms with E-state index in [2.05, 4.69) is 33.4 Å². The summed E-state index contributed by atoms with van der Waals surface area (Å²) < 4.78 is 15.7. The molecule has 0 unspecified atom stereocenters. The first kappa shape index (κ1) is 30.4. The second-order valence-corrected chi connectivity index (χ2v) is 14.2. The maximum Gasteiger partial charge on any atom is 0.254 e. The number of nitrogens with two attached hydrogens (primary N) is 1. The summed E-state index contributed by atoms with van der Waals surface area (Å²) in [5, 5.41) is 1.21. The molecular formula is C37H46N6O4. The van der Waals surface area contributed by atoms with Gasteiger partial charge in [0.25, 0.3) is 5.91 Å². The summed E-state index contributed by atoms with van der Waals surface area (Å²) in [6.07, 6.45) is 6.91. The summed E-state index contributed by atoms with van der Waals surface area (Å²) in [6.45, 7) is 3.69. The van der Waals surface area contributed by atoms with Crippen LogP contribution in [0.4, 0.5) is 0 Å². The minimum Gasteiger partial charge on any atom is -0.494 e. The first-order valence-electron chi connectivity index (χ1n) is 17.4. The molecule has 2 saturated heterocycles. The molecule has 2 N–H and O–H groups in total. The number of amides is 2.